The van der Waals surface area contributed by atoms with E-state index < -0.39 is 22.0 Å². The highest BCUT2D eigenvalue weighted by molar-refractivity contribution is 5.87. The minimum Gasteiger partial charge on any atom is -0.478 e. The number of aromatic nitrogens is 2. The van der Waals surface area contributed by atoms with Gasteiger partial charge in [-0.2, -0.15) is 0 Å². The van der Waals surface area contributed by atoms with Gasteiger partial charge in [0.05, 0.1) is 28.1 Å². The third kappa shape index (κ3) is 3.02. The van der Waals surface area contributed by atoms with Crippen molar-refractivity contribution in [3.8, 4) is 0 Å². The molecule has 0 aliphatic heterocycles. The number of fused-ring (bicyclic) bond motifs is 1. The molecule has 0 unspecified atom stereocenters. The molecule has 9 nitrogen and oxygen atoms in total. The van der Waals surface area contributed by atoms with Crippen LogP contribution in [0.1, 0.15) is 15.9 Å². The summed E-state index contributed by atoms with van der Waals surface area (Å²) in [5, 5.41) is 19.8. The van der Waals surface area contributed by atoms with E-state index in [1.165, 1.54) is 47.0 Å². The van der Waals surface area contributed by atoms with Gasteiger partial charge in [-0.15, -0.1) is 0 Å². The predicted octanol–water partition coefficient (Wildman–Crippen LogP) is 1.34. The summed E-state index contributed by atoms with van der Waals surface area (Å²) in [5.41, 5.74) is -0.698. The Balaban J connectivity index is 2.12. The first-order chi connectivity index (χ1) is 11.9. The Kier molecular flexibility index (Phi) is 3.89. The first kappa shape index (κ1) is 16.1. The topological polar surface area (TPSA) is 135 Å². The molecule has 2 N–H and O–H groups in total. The summed E-state index contributed by atoms with van der Waals surface area (Å²) in [4.78, 5) is 47.5. The van der Waals surface area contributed by atoms with Crippen molar-refractivity contribution in [1.29, 1.82) is 0 Å². The molecule has 0 aliphatic rings. The summed E-state index contributed by atoms with van der Waals surface area (Å²) < 4.78 is 1.19. The second kappa shape index (κ2) is 6.04. The molecule has 9 heteroatoms. The quantitative estimate of drug-likeness (QED) is 0.418. The largest absolute Gasteiger partial charge is 0.478 e. The van der Waals surface area contributed by atoms with E-state index in [1.54, 1.807) is 0 Å². The average molecular weight is 341 g/mol. The minimum absolute atomic E-state index is 0.0248. The monoisotopic (exact) mass is 341 g/mol. The third-order valence-electron chi connectivity index (χ3n) is 3.71. The van der Waals surface area contributed by atoms with Gasteiger partial charge in [0.2, 0.25) is 0 Å². The molecule has 0 saturated heterocycles. The molecule has 1 aromatic heterocycles. The van der Waals surface area contributed by atoms with E-state index in [1.807, 2.05) is 0 Å². The number of H-pyrrole nitrogens is 1. The van der Waals surface area contributed by atoms with Crippen molar-refractivity contribution in [2.24, 2.45) is 0 Å². The van der Waals surface area contributed by atoms with Crippen LogP contribution in [0.3, 0.4) is 0 Å². The number of benzene rings is 2. The van der Waals surface area contributed by atoms with Gasteiger partial charge in [-0.05, 0) is 23.8 Å². The molecule has 0 radical (unpaired) electrons. The fourth-order valence-corrected chi connectivity index (χ4v) is 2.47. The lowest BCUT2D eigenvalue weighted by molar-refractivity contribution is -0.384. The van der Waals surface area contributed by atoms with Crippen molar-refractivity contribution < 1.29 is 14.8 Å². The number of rotatable bonds is 4. The normalized spacial score (nSPS) is 10.7. The number of nitro benzene ring substituents is 1. The maximum atomic E-state index is 12.2. The van der Waals surface area contributed by atoms with Gasteiger partial charge in [-0.3, -0.25) is 24.3 Å². The Hall–Kier alpha value is -3.75. The SMILES string of the molecule is O=C(O)c1ccc(Cn2c(=O)c(=O)[nH]c3cc([N+](=O)[O-])ccc32)cc1. The molecule has 0 saturated carbocycles. The fourth-order valence-electron chi connectivity index (χ4n) is 2.47. The first-order valence-electron chi connectivity index (χ1n) is 7.10. The predicted molar refractivity (Wildman–Crippen MR) is 88.0 cm³/mol. The Labute approximate surface area is 138 Å². The molecule has 0 atom stereocenters. The minimum atomic E-state index is -1.07. The van der Waals surface area contributed by atoms with Crippen LogP contribution in [0.2, 0.25) is 0 Å². The van der Waals surface area contributed by atoms with Crippen molar-refractivity contribution in [3.05, 3.63) is 84.4 Å². The van der Waals surface area contributed by atoms with Crippen LogP contribution in [0.4, 0.5) is 5.69 Å². The van der Waals surface area contributed by atoms with Crippen molar-refractivity contribution >= 4 is 22.7 Å². The number of carbonyl (C=O) groups is 1. The van der Waals surface area contributed by atoms with Gasteiger partial charge < -0.3 is 10.1 Å². The summed E-state index contributed by atoms with van der Waals surface area (Å²) in [6.45, 7) is 0.0248. The van der Waals surface area contributed by atoms with Gasteiger partial charge in [0, 0.05) is 12.1 Å². The number of hydrogen-bond donors (Lipinski definition) is 2. The third-order valence-corrected chi connectivity index (χ3v) is 3.71. The number of nitrogens with one attached hydrogen (secondary N) is 1. The fraction of sp³-hybridized carbons (Fsp3) is 0.0625. The van der Waals surface area contributed by atoms with Crippen molar-refractivity contribution in [2.45, 2.75) is 6.54 Å². The average Bonchev–Trinajstić information content (AvgIpc) is 2.58. The maximum absolute atomic E-state index is 12.2. The Morgan fingerprint density at radius 3 is 2.44 bits per heavy atom. The van der Waals surface area contributed by atoms with E-state index in [0.29, 0.717) is 11.1 Å². The number of non-ortho nitro benzene ring substituents is 1. The molecule has 3 rings (SSSR count). The lowest BCUT2D eigenvalue weighted by Gasteiger charge is -2.10. The van der Waals surface area contributed by atoms with Crippen molar-refractivity contribution in [1.82, 2.24) is 9.55 Å². The molecule has 0 amide bonds. The highest BCUT2D eigenvalue weighted by atomic mass is 16.6. The van der Waals surface area contributed by atoms with Crippen molar-refractivity contribution in [2.75, 3.05) is 0 Å². The second-order valence-electron chi connectivity index (χ2n) is 5.31. The van der Waals surface area contributed by atoms with Gasteiger partial charge in [0.25, 0.3) is 5.69 Å². The Morgan fingerprint density at radius 2 is 1.84 bits per heavy atom. The molecular weight excluding hydrogens is 330 g/mol. The van der Waals surface area contributed by atoms with Crippen LogP contribution in [-0.4, -0.2) is 25.6 Å². The zero-order valence-electron chi connectivity index (χ0n) is 12.6. The van der Waals surface area contributed by atoms with E-state index >= 15 is 0 Å². The molecule has 126 valence electrons. The summed E-state index contributed by atoms with van der Waals surface area (Å²) in [6, 6.07) is 9.66. The van der Waals surface area contributed by atoms with E-state index in [0.717, 1.165) is 0 Å². The van der Waals surface area contributed by atoms with Crippen LogP contribution in [-0.2, 0) is 6.54 Å². The van der Waals surface area contributed by atoms with Gasteiger partial charge in [-0.1, -0.05) is 12.1 Å². The lowest BCUT2D eigenvalue weighted by atomic mass is 10.1. The lowest BCUT2D eigenvalue weighted by Crippen LogP contribution is -2.36. The van der Waals surface area contributed by atoms with E-state index in [9.17, 15) is 24.5 Å². The van der Waals surface area contributed by atoms with Crippen molar-refractivity contribution in [3.63, 3.8) is 0 Å². The van der Waals surface area contributed by atoms with E-state index in [4.69, 9.17) is 5.11 Å². The zero-order chi connectivity index (χ0) is 18.1. The molecule has 0 bridgehead atoms. The molecule has 1 heterocycles. The van der Waals surface area contributed by atoms with Gasteiger partial charge in [0.1, 0.15) is 0 Å². The number of nitro groups is 1. The summed E-state index contributed by atoms with van der Waals surface area (Å²) in [7, 11) is 0. The number of nitrogens with zero attached hydrogens (tertiary/aromatic N) is 2. The van der Waals surface area contributed by atoms with Crippen LogP contribution in [0.15, 0.2) is 52.1 Å². The number of aromatic amines is 1. The molecule has 3 aromatic rings. The van der Waals surface area contributed by atoms with E-state index in [2.05, 4.69) is 4.98 Å². The number of carboxylic acid groups (broad SMARTS) is 1. The van der Waals surface area contributed by atoms with Crippen LogP contribution in [0, 0.1) is 10.1 Å². The molecular formula is C16H11N3O6. The van der Waals surface area contributed by atoms with Gasteiger partial charge in [0.15, 0.2) is 0 Å². The molecule has 0 aliphatic carbocycles. The van der Waals surface area contributed by atoms with Crippen LogP contribution >= 0.6 is 0 Å². The summed E-state index contributed by atoms with van der Waals surface area (Å²) >= 11 is 0. The molecule has 25 heavy (non-hydrogen) atoms. The number of aromatic carboxylic acids is 1. The van der Waals surface area contributed by atoms with Crippen LogP contribution < -0.4 is 11.1 Å². The zero-order valence-corrected chi connectivity index (χ0v) is 12.6. The Morgan fingerprint density at radius 1 is 1.16 bits per heavy atom. The molecule has 2 aromatic carbocycles. The van der Waals surface area contributed by atoms with Crippen LogP contribution in [0.5, 0.6) is 0 Å². The second-order valence-corrected chi connectivity index (χ2v) is 5.31. The van der Waals surface area contributed by atoms with Crippen LogP contribution in [0.25, 0.3) is 11.0 Å². The Bertz CT molecular complexity index is 1110. The molecule has 0 fully saturated rings. The smallest absolute Gasteiger partial charge is 0.335 e. The number of hydrogen-bond acceptors (Lipinski definition) is 5. The summed E-state index contributed by atoms with van der Waals surface area (Å²) in [5.74, 6) is -1.07. The van der Waals surface area contributed by atoms with Gasteiger partial charge in [-0.25, -0.2) is 4.79 Å². The summed E-state index contributed by atoms with van der Waals surface area (Å²) in [6.07, 6.45) is 0. The number of carboxylic acids is 1. The van der Waals surface area contributed by atoms with Gasteiger partial charge >= 0.3 is 17.1 Å². The standard InChI is InChI=1S/C16H11N3O6/c20-14-15(21)18(8-9-1-3-10(4-2-9)16(22)23)13-6-5-11(19(24)25)7-12(13)17-14/h1-7H,8H2,(H,17,20)(H,22,23). The highest BCUT2D eigenvalue weighted by Gasteiger charge is 2.13. The maximum Gasteiger partial charge on any atom is 0.335 e. The highest BCUT2D eigenvalue weighted by Crippen LogP contribution is 2.18. The van der Waals surface area contributed by atoms with E-state index in [-0.39, 0.29) is 23.3 Å². The molecule has 0 spiro atoms. The first-order valence-corrected chi connectivity index (χ1v) is 7.10.